The molecule has 0 saturated heterocycles. The third-order valence-electron chi connectivity index (χ3n) is 2.26. The highest BCUT2D eigenvalue weighted by Crippen LogP contribution is 2.32. The first kappa shape index (κ1) is 13.5. The number of hydrogen-bond donors (Lipinski definition) is 0. The topological polar surface area (TPSA) is 78.2 Å². The van der Waals surface area contributed by atoms with Gasteiger partial charge in [-0.05, 0) is 36.2 Å². The number of aryl methyl sites for hydroxylation is 1. The molecule has 0 fully saturated rings. The molecule has 0 saturated carbocycles. The molecular weight excluding hydrogens is 293 g/mol. The molecule has 0 bridgehead atoms. The fourth-order valence-corrected chi connectivity index (χ4v) is 1.62. The Hall–Kier alpha value is -1.92. The predicted molar refractivity (Wildman–Crippen MR) is 70.0 cm³/mol. The van der Waals surface area contributed by atoms with Gasteiger partial charge in [-0.15, -0.1) is 0 Å². The van der Waals surface area contributed by atoms with Crippen molar-refractivity contribution in [3.05, 3.63) is 50.4 Å². The molecule has 1 aromatic heterocycles. The van der Waals surface area contributed by atoms with Crippen LogP contribution < -0.4 is 4.74 Å². The second kappa shape index (κ2) is 5.38. The fraction of sp³-hybridized carbons (Fsp3) is 0.0909. The van der Waals surface area contributed by atoms with Gasteiger partial charge in [-0.3, -0.25) is 10.1 Å². The van der Waals surface area contributed by atoms with Gasteiger partial charge in [0.25, 0.3) is 0 Å². The van der Waals surface area contributed by atoms with Gasteiger partial charge in [-0.25, -0.2) is 4.98 Å². The summed E-state index contributed by atoms with van der Waals surface area (Å²) in [6.07, 6.45) is 0.991. The molecule has 0 aliphatic rings. The number of benzene rings is 1. The van der Waals surface area contributed by atoms with E-state index in [1.54, 1.807) is 19.1 Å². The van der Waals surface area contributed by atoms with Crippen LogP contribution in [0.5, 0.6) is 11.6 Å². The number of ether oxygens (including phenoxy) is 1. The third kappa shape index (κ3) is 3.10. The van der Waals surface area contributed by atoms with Crippen LogP contribution in [0, 0.1) is 17.0 Å². The predicted octanol–water partition coefficient (Wildman–Crippen LogP) is 3.79. The van der Waals surface area contributed by atoms with E-state index in [-0.39, 0.29) is 16.9 Å². The van der Waals surface area contributed by atoms with Gasteiger partial charge in [0.15, 0.2) is 0 Å². The number of nitrogens with zero attached hydrogens (tertiary/aromatic N) is 3. The molecule has 2 rings (SSSR count). The van der Waals surface area contributed by atoms with E-state index in [0.29, 0.717) is 10.8 Å². The Morgan fingerprint density at radius 1 is 1.37 bits per heavy atom. The first-order valence-corrected chi connectivity index (χ1v) is 5.84. The zero-order valence-corrected chi connectivity index (χ0v) is 11.1. The van der Waals surface area contributed by atoms with Crippen LogP contribution in [-0.4, -0.2) is 14.9 Å². The van der Waals surface area contributed by atoms with Crippen LogP contribution in [0.3, 0.4) is 0 Å². The lowest BCUT2D eigenvalue weighted by molar-refractivity contribution is -0.386. The zero-order chi connectivity index (χ0) is 14.0. The van der Waals surface area contributed by atoms with Crippen molar-refractivity contribution in [3.63, 3.8) is 0 Å². The molecule has 0 aliphatic carbocycles. The normalized spacial score (nSPS) is 10.3. The van der Waals surface area contributed by atoms with Crippen molar-refractivity contribution in [1.29, 1.82) is 0 Å². The monoisotopic (exact) mass is 299 g/mol. The quantitative estimate of drug-likeness (QED) is 0.489. The highest BCUT2D eigenvalue weighted by molar-refractivity contribution is 6.30. The van der Waals surface area contributed by atoms with Crippen molar-refractivity contribution in [2.24, 2.45) is 0 Å². The minimum absolute atomic E-state index is 0.139. The van der Waals surface area contributed by atoms with Gasteiger partial charge in [0.2, 0.25) is 5.28 Å². The summed E-state index contributed by atoms with van der Waals surface area (Å²) >= 11 is 11.5. The number of hydrogen-bond acceptors (Lipinski definition) is 5. The van der Waals surface area contributed by atoms with Crippen molar-refractivity contribution in [2.75, 3.05) is 0 Å². The number of aromatic nitrogens is 2. The van der Waals surface area contributed by atoms with E-state index in [4.69, 9.17) is 27.9 Å². The van der Waals surface area contributed by atoms with Crippen LogP contribution in [0.2, 0.25) is 10.3 Å². The first-order valence-electron chi connectivity index (χ1n) is 5.08. The van der Waals surface area contributed by atoms with Crippen molar-refractivity contribution in [3.8, 4) is 11.6 Å². The van der Waals surface area contributed by atoms with Gasteiger partial charge in [0.05, 0.1) is 4.92 Å². The van der Waals surface area contributed by atoms with E-state index >= 15 is 0 Å². The molecule has 2 aromatic rings. The maximum absolute atomic E-state index is 10.9. The van der Waals surface area contributed by atoms with Gasteiger partial charge in [0.1, 0.15) is 11.9 Å². The molecule has 98 valence electrons. The second-order valence-corrected chi connectivity index (χ2v) is 4.37. The highest BCUT2D eigenvalue weighted by atomic mass is 35.5. The zero-order valence-electron chi connectivity index (χ0n) is 9.63. The number of rotatable bonds is 3. The number of halogens is 2. The largest absolute Gasteiger partial charge is 0.433 e. The Morgan fingerprint density at radius 2 is 2.11 bits per heavy atom. The van der Waals surface area contributed by atoms with E-state index in [1.807, 2.05) is 0 Å². The summed E-state index contributed by atoms with van der Waals surface area (Å²) in [6.45, 7) is 1.78. The molecule has 8 heteroatoms. The van der Waals surface area contributed by atoms with Gasteiger partial charge in [-0.2, -0.15) is 4.98 Å². The smallest absolute Gasteiger partial charge is 0.349 e. The lowest BCUT2D eigenvalue weighted by Gasteiger charge is -2.08. The Kier molecular flexibility index (Phi) is 3.82. The minimum atomic E-state index is -0.647. The molecule has 0 spiro atoms. The summed E-state index contributed by atoms with van der Waals surface area (Å²) in [5.74, 6) is 0.140. The molecular formula is C11H7Cl2N3O3. The molecule has 0 aliphatic heterocycles. The molecule has 0 atom stereocenters. The average molecular weight is 300 g/mol. The average Bonchev–Trinajstić information content (AvgIpc) is 2.33. The summed E-state index contributed by atoms with van der Waals surface area (Å²) in [6, 6.07) is 4.95. The van der Waals surface area contributed by atoms with Crippen LogP contribution in [0.15, 0.2) is 24.4 Å². The van der Waals surface area contributed by atoms with Crippen molar-refractivity contribution in [2.45, 2.75) is 6.92 Å². The molecule has 0 N–H and O–H groups in total. The van der Waals surface area contributed by atoms with Gasteiger partial charge in [0, 0.05) is 5.02 Å². The standard InChI is InChI=1S/C11H7Cl2N3O3/c1-6-2-3-7(12)4-9(6)19-10-8(16(17)18)5-14-11(13)15-10/h2-5H,1H3. The Labute approximate surface area is 118 Å². The van der Waals surface area contributed by atoms with Crippen LogP contribution in [0.4, 0.5) is 5.69 Å². The van der Waals surface area contributed by atoms with E-state index < -0.39 is 4.92 Å². The van der Waals surface area contributed by atoms with E-state index in [9.17, 15) is 10.1 Å². The van der Waals surface area contributed by atoms with Crippen LogP contribution in [0.25, 0.3) is 0 Å². The van der Waals surface area contributed by atoms with E-state index in [1.165, 1.54) is 6.07 Å². The lowest BCUT2D eigenvalue weighted by atomic mass is 10.2. The van der Waals surface area contributed by atoms with Gasteiger partial charge < -0.3 is 4.74 Å². The summed E-state index contributed by atoms with van der Waals surface area (Å²) in [7, 11) is 0. The van der Waals surface area contributed by atoms with Crippen LogP contribution in [-0.2, 0) is 0 Å². The van der Waals surface area contributed by atoms with Gasteiger partial charge >= 0.3 is 11.6 Å². The van der Waals surface area contributed by atoms with E-state index in [2.05, 4.69) is 9.97 Å². The van der Waals surface area contributed by atoms with Crippen LogP contribution >= 0.6 is 23.2 Å². The highest BCUT2D eigenvalue weighted by Gasteiger charge is 2.20. The summed E-state index contributed by atoms with van der Waals surface area (Å²) in [5, 5.41) is 11.2. The fourth-order valence-electron chi connectivity index (χ4n) is 1.33. The molecule has 0 amide bonds. The number of nitro groups is 1. The Bertz CT molecular complexity index is 649. The van der Waals surface area contributed by atoms with Crippen molar-refractivity contribution < 1.29 is 9.66 Å². The van der Waals surface area contributed by atoms with Gasteiger partial charge in [-0.1, -0.05) is 17.7 Å². The molecule has 0 unspecified atom stereocenters. The van der Waals surface area contributed by atoms with Crippen molar-refractivity contribution >= 4 is 28.9 Å². The summed E-state index contributed by atoms with van der Waals surface area (Å²) < 4.78 is 5.40. The lowest BCUT2D eigenvalue weighted by Crippen LogP contribution is -1.98. The van der Waals surface area contributed by atoms with E-state index in [0.717, 1.165) is 11.8 Å². The first-order chi connectivity index (χ1) is 8.97. The maximum Gasteiger partial charge on any atom is 0.349 e. The molecule has 1 aromatic carbocycles. The molecule has 19 heavy (non-hydrogen) atoms. The van der Waals surface area contributed by atoms with Crippen LogP contribution in [0.1, 0.15) is 5.56 Å². The SMILES string of the molecule is Cc1ccc(Cl)cc1Oc1nc(Cl)ncc1[N+](=O)[O-]. The summed E-state index contributed by atoms with van der Waals surface area (Å²) in [5.41, 5.74) is 0.386. The third-order valence-corrected chi connectivity index (χ3v) is 2.68. The molecule has 6 nitrogen and oxygen atoms in total. The Morgan fingerprint density at radius 3 is 2.79 bits per heavy atom. The minimum Gasteiger partial charge on any atom is -0.433 e. The second-order valence-electron chi connectivity index (χ2n) is 3.60. The van der Waals surface area contributed by atoms with Crippen molar-refractivity contribution in [1.82, 2.24) is 9.97 Å². The molecule has 0 radical (unpaired) electrons. The Balaban J connectivity index is 2.45. The maximum atomic E-state index is 10.9. The summed E-state index contributed by atoms with van der Waals surface area (Å²) in [4.78, 5) is 17.5. The molecule has 1 heterocycles.